The number of benzene rings is 1. The highest BCUT2D eigenvalue weighted by Crippen LogP contribution is 2.29. The summed E-state index contributed by atoms with van der Waals surface area (Å²) >= 11 is 0. The fourth-order valence-corrected chi connectivity index (χ4v) is 3.03. The van der Waals surface area contributed by atoms with Gasteiger partial charge in [-0.1, -0.05) is 12.1 Å². The maximum absolute atomic E-state index is 12.3. The molecule has 1 saturated carbocycles. The van der Waals surface area contributed by atoms with Crippen LogP contribution in [-0.4, -0.2) is 29.5 Å². The van der Waals surface area contributed by atoms with Crippen molar-refractivity contribution < 1.29 is 19.4 Å². The highest BCUT2D eigenvalue weighted by atomic mass is 16.5. The SMILES string of the molecule is N=C(N)NC[C@H]1CC[C@H](C(=O)Oc2ccc(CCC(=O)O)cc2)CC1. The van der Waals surface area contributed by atoms with E-state index in [4.69, 9.17) is 21.0 Å². The van der Waals surface area contributed by atoms with Gasteiger partial charge in [0.2, 0.25) is 0 Å². The summed E-state index contributed by atoms with van der Waals surface area (Å²) < 4.78 is 5.44. The molecule has 0 aliphatic heterocycles. The van der Waals surface area contributed by atoms with Gasteiger partial charge in [-0.15, -0.1) is 0 Å². The molecule has 2 rings (SSSR count). The first-order chi connectivity index (χ1) is 11.9. The van der Waals surface area contributed by atoms with E-state index in [1.807, 2.05) is 0 Å². The monoisotopic (exact) mass is 347 g/mol. The van der Waals surface area contributed by atoms with Crippen LogP contribution < -0.4 is 15.8 Å². The molecular weight excluding hydrogens is 322 g/mol. The van der Waals surface area contributed by atoms with Gasteiger partial charge in [-0.3, -0.25) is 15.0 Å². The van der Waals surface area contributed by atoms with Crippen molar-refractivity contribution in [2.75, 3.05) is 6.54 Å². The third kappa shape index (κ3) is 6.45. The van der Waals surface area contributed by atoms with E-state index in [9.17, 15) is 9.59 Å². The van der Waals surface area contributed by atoms with E-state index in [-0.39, 0.29) is 24.3 Å². The molecule has 1 fully saturated rings. The molecule has 0 atom stereocenters. The van der Waals surface area contributed by atoms with Crippen LogP contribution in [0.15, 0.2) is 24.3 Å². The van der Waals surface area contributed by atoms with Crippen LogP contribution in [0.5, 0.6) is 5.75 Å². The molecule has 0 bridgehead atoms. The first kappa shape index (κ1) is 18.8. The summed E-state index contributed by atoms with van der Waals surface area (Å²) in [6, 6.07) is 6.99. The second-order valence-electron chi connectivity index (χ2n) is 6.47. The van der Waals surface area contributed by atoms with Gasteiger partial charge in [0.15, 0.2) is 5.96 Å². The molecule has 1 aromatic carbocycles. The molecule has 1 aliphatic rings. The number of esters is 1. The van der Waals surface area contributed by atoms with Crippen molar-refractivity contribution in [1.82, 2.24) is 5.32 Å². The zero-order valence-corrected chi connectivity index (χ0v) is 14.2. The highest BCUT2D eigenvalue weighted by molar-refractivity contribution is 5.75. The molecule has 136 valence electrons. The second kappa shape index (κ2) is 9.05. The first-order valence-electron chi connectivity index (χ1n) is 8.54. The Morgan fingerprint density at radius 1 is 1.20 bits per heavy atom. The minimum Gasteiger partial charge on any atom is -0.481 e. The normalized spacial score (nSPS) is 19.8. The fraction of sp³-hybridized carbons (Fsp3) is 0.500. The van der Waals surface area contributed by atoms with Gasteiger partial charge in [0.25, 0.3) is 0 Å². The van der Waals surface area contributed by atoms with Gasteiger partial charge in [-0.25, -0.2) is 0 Å². The summed E-state index contributed by atoms with van der Waals surface area (Å²) in [5.41, 5.74) is 6.19. The smallest absolute Gasteiger partial charge is 0.314 e. The molecule has 0 unspecified atom stereocenters. The largest absolute Gasteiger partial charge is 0.481 e. The number of carboxylic acids is 1. The Morgan fingerprint density at radius 3 is 2.40 bits per heavy atom. The Bertz CT molecular complexity index is 607. The van der Waals surface area contributed by atoms with E-state index >= 15 is 0 Å². The maximum Gasteiger partial charge on any atom is 0.314 e. The van der Waals surface area contributed by atoms with Crippen LogP contribution in [0.1, 0.15) is 37.7 Å². The number of nitrogens with two attached hydrogens (primary N) is 1. The van der Waals surface area contributed by atoms with Crippen LogP contribution in [0.25, 0.3) is 0 Å². The van der Waals surface area contributed by atoms with Crippen LogP contribution >= 0.6 is 0 Å². The molecule has 7 heteroatoms. The second-order valence-corrected chi connectivity index (χ2v) is 6.47. The molecule has 0 radical (unpaired) electrons. The zero-order chi connectivity index (χ0) is 18.2. The van der Waals surface area contributed by atoms with Crippen molar-refractivity contribution in [1.29, 1.82) is 5.41 Å². The van der Waals surface area contributed by atoms with Crippen molar-refractivity contribution in [2.45, 2.75) is 38.5 Å². The van der Waals surface area contributed by atoms with Crippen LogP contribution in [0, 0.1) is 17.2 Å². The number of ether oxygens (including phenoxy) is 1. The average molecular weight is 347 g/mol. The number of guanidine groups is 1. The fourth-order valence-electron chi connectivity index (χ4n) is 3.03. The van der Waals surface area contributed by atoms with Crippen LogP contribution in [-0.2, 0) is 16.0 Å². The molecule has 7 nitrogen and oxygen atoms in total. The predicted octanol–water partition coefficient (Wildman–Crippen LogP) is 1.90. The Balaban J connectivity index is 1.76. The van der Waals surface area contributed by atoms with Crippen molar-refractivity contribution in [3.63, 3.8) is 0 Å². The third-order valence-electron chi connectivity index (χ3n) is 4.53. The topological polar surface area (TPSA) is 126 Å². The van der Waals surface area contributed by atoms with Crippen LogP contribution in [0.3, 0.4) is 0 Å². The lowest BCUT2D eigenvalue weighted by Crippen LogP contribution is -2.36. The lowest BCUT2D eigenvalue weighted by atomic mass is 9.82. The highest BCUT2D eigenvalue weighted by Gasteiger charge is 2.27. The minimum atomic E-state index is -0.829. The Labute approximate surface area is 147 Å². The number of rotatable bonds is 7. The molecule has 25 heavy (non-hydrogen) atoms. The van der Waals surface area contributed by atoms with E-state index in [1.54, 1.807) is 24.3 Å². The average Bonchev–Trinajstić information content (AvgIpc) is 2.59. The van der Waals surface area contributed by atoms with Gasteiger partial charge < -0.3 is 20.9 Å². The quantitative estimate of drug-likeness (QED) is 0.258. The Hall–Kier alpha value is -2.57. The number of aliphatic carboxylic acids is 1. The standard InChI is InChI=1S/C18H25N3O4/c19-18(20)21-11-13-1-6-14(7-2-13)17(24)25-15-8-3-12(4-9-15)5-10-16(22)23/h3-4,8-9,13-14H,1-2,5-7,10-11H2,(H,22,23)(H4,19,20,21)/t13-,14-. The van der Waals surface area contributed by atoms with Gasteiger partial charge in [0.05, 0.1) is 5.92 Å². The number of carbonyl (C=O) groups is 2. The van der Waals surface area contributed by atoms with Gasteiger partial charge in [0, 0.05) is 13.0 Å². The third-order valence-corrected chi connectivity index (χ3v) is 4.53. The van der Waals surface area contributed by atoms with Gasteiger partial charge in [-0.05, 0) is 55.7 Å². The molecule has 1 aliphatic carbocycles. The first-order valence-corrected chi connectivity index (χ1v) is 8.54. The van der Waals surface area contributed by atoms with E-state index in [0.717, 1.165) is 31.2 Å². The summed E-state index contributed by atoms with van der Waals surface area (Å²) in [6.45, 7) is 0.676. The van der Waals surface area contributed by atoms with Crippen LogP contribution in [0.2, 0.25) is 0 Å². The molecule has 1 aromatic rings. The van der Waals surface area contributed by atoms with E-state index < -0.39 is 5.97 Å². The van der Waals surface area contributed by atoms with Crippen LogP contribution in [0.4, 0.5) is 0 Å². The lowest BCUT2D eigenvalue weighted by molar-refractivity contribution is -0.140. The van der Waals surface area contributed by atoms with Crippen molar-refractivity contribution in [2.24, 2.45) is 17.6 Å². The van der Waals surface area contributed by atoms with Crippen molar-refractivity contribution in [3.05, 3.63) is 29.8 Å². The summed E-state index contributed by atoms with van der Waals surface area (Å²) in [5.74, 6) is -0.236. The molecular formula is C18H25N3O4. The molecule has 0 aromatic heterocycles. The molecule has 0 saturated heterocycles. The van der Waals surface area contributed by atoms with Crippen molar-refractivity contribution >= 4 is 17.9 Å². The maximum atomic E-state index is 12.3. The summed E-state index contributed by atoms with van der Waals surface area (Å²) in [5, 5.41) is 18.7. The zero-order valence-electron chi connectivity index (χ0n) is 14.2. The minimum absolute atomic E-state index is 0.0201. The summed E-state index contributed by atoms with van der Waals surface area (Å²) in [4.78, 5) is 22.8. The lowest BCUT2D eigenvalue weighted by Gasteiger charge is -2.27. The van der Waals surface area contributed by atoms with E-state index in [1.165, 1.54) is 0 Å². The Kier molecular flexibility index (Phi) is 6.80. The number of aryl methyl sites for hydroxylation is 1. The number of hydrogen-bond acceptors (Lipinski definition) is 4. The van der Waals surface area contributed by atoms with Gasteiger partial charge >= 0.3 is 11.9 Å². The molecule has 0 amide bonds. The predicted molar refractivity (Wildman–Crippen MR) is 93.4 cm³/mol. The van der Waals surface area contributed by atoms with E-state index in [0.29, 0.717) is 24.6 Å². The summed E-state index contributed by atoms with van der Waals surface area (Å²) in [7, 11) is 0. The molecule has 5 N–H and O–H groups in total. The molecule has 0 heterocycles. The van der Waals surface area contributed by atoms with Gasteiger partial charge in [-0.2, -0.15) is 0 Å². The number of carbonyl (C=O) groups excluding carboxylic acids is 1. The van der Waals surface area contributed by atoms with Crippen molar-refractivity contribution in [3.8, 4) is 5.75 Å². The number of hydrogen-bond donors (Lipinski definition) is 4. The van der Waals surface area contributed by atoms with E-state index in [2.05, 4.69) is 5.32 Å². The number of carboxylic acid groups (broad SMARTS) is 1. The number of nitrogens with one attached hydrogen (secondary N) is 2. The summed E-state index contributed by atoms with van der Waals surface area (Å²) in [6.07, 6.45) is 3.92. The Morgan fingerprint density at radius 2 is 1.84 bits per heavy atom. The molecule has 0 spiro atoms. The van der Waals surface area contributed by atoms with Gasteiger partial charge in [0.1, 0.15) is 5.75 Å².